The van der Waals surface area contributed by atoms with Crippen LogP contribution >= 0.6 is 11.6 Å². The minimum Gasteiger partial charge on any atom is -0.478 e. The highest BCUT2D eigenvalue weighted by molar-refractivity contribution is 7.89. The molecule has 6 nitrogen and oxygen atoms in total. The Morgan fingerprint density at radius 2 is 2.11 bits per heavy atom. The third-order valence-electron chi connectivity index (χ3n) is 2.14. The number of halogens is 1. The van der Waals surface area contributed by atoms with Crippen LogP contribution < -0.4 is 10.5 Å². The van der Waals surface area contributed by atoms with Crippen molar-refractivity contribution in [3.63, 3.8) is 0 Å². The van der Waals surface area contributed by atoms with Crippen LogP contribution in [0.15, 0.2) is 23.1 Å². The summed E-state index contributed by atoms with van der Waals surface area (Å²) in [6.07, 6.45) is 0.482. The Morgan fingerprint density at radius 1 is 1.44 bits per heavy atom. The minimum absolute atomic E-state index is 0.0275. The molecule has 0 bridgehead atoms. The van der Waals surface area contributed by atoms with Crippen molar-refractivity contribution in [2.24, 2.45) is 5.73 Å². The Kier molecular flexibility index (Phi) is 5.09. The van der Waals surface area contributed by atoms with Crippen LogP contribution in [0.25, 0.3) is 0 Å². The van der Waals surface area contributed by atoms with Crippen molar-refractivity contribution in [2.75, 3.05) is 13.1 Å². The molecule has 0 aromatic heterocycles. The van der Waals surface area contributed by atoms with Gasteiger partial charge in [0.05, 0.1) is 10.6 Å². The van der Waals surface area contributed by atoms with Crippen molar-refractivity contribution in [3.8, 4) is 0 Å². The van der Waals surface area contributed by atoms with E-state index in [1.165, 1.54) is 12.1 Å². The number of carbonyl (C=O) groups is 1. The van der Waals surface area contributed by atoms with Crippen LogP contribution in [0.5, 0.6) is 0 Å². The fourth-order valence-electron chi connectivity index (χ4n) is 1.23. The lowest BCUT2D eigenvalue weighted by atomic mass is 10.2. The summed E-state index contributed by atoms with van der Waals surface area (Å²) in [6.45, 7) is 0.526. The van der Waals surface area contributed by atoms with Crippen molar-refractivity contribution >= 4 is 27.6 Å². The first-order valence-electron chi connectivity index (χ1n) is 5.11. The van der Waals surface area contributed by atoms with Crippen LogP contribution in [0, 0.1) is 0 Å². The van der Waals surface area contributed by atoms with Gasteiger partial charge in [-0.2, -0.15) is 0 Å². The van der Waals surface area contributed by atoms with Crippen molar-refractivity contribution in [3.05, 3.63) is 28.8 Å². The molecule has 18 heavy (non-hydrogen) atoms. The third kappa shape index (κ3) is 3.67. The number of sulfonamides is 1. The lowest BCUT2D eigenvalue weighted by Crippen LogP contribution is -2.26. The van der Waals surface area contributed by atoms with Gasteiger partial charge in [0, 0.05) is 6.54 Å². The summed E-state index contributed by atoms with van der Waals surface area (Å²) in [5, 5.41) is 8.78. The lowest BCUT2D eigenvalue weighted by molar-refractivity contribution is 0.0696. The monoisotopic (exact) mass is 292 g/mol. The molecule has 1 rings (SSSR count). The van der Waals surface area contributed by atoms with Gasteiger partial charge in [0.1, 0.15) is 4.90 Å². The van der Waals surface area contributed by atoms with Gasteiger partial charge < -0.3 is 10.8 Å². The van der Waals surface area contributed by atoms with Crippen LogP contribution in [-0.2, 0) is 10.0 Å². The van der Waals surface area contributed by atoms with Crippen LogP contribution in [0.1, 0.15) is 16.8 Å². The van der Waals surface area contributed by atoms with Gasteiger partial charge in [-0.1, -0.05) is 11.6 Å². The predicted molar refractivity (Wildman–Crippen MR) is 67.3 cm³/mol. The van der Waals surface area contributed by atoms with Crippen LogP contribution in [-0.4, -0.2) is 32.6 Å². The fourth-order valence-corrected chi connectivity index (χ4v) is 2.83. The van der Waals surface area contributed by atoms with Crippen LogP contribution in [0.2, 0.25) is 5.02 Å². The summed E-state index contributed by atoms with van der Waals surface area (Å²) in [7, 11) is -3.82. The summed E-state index contributed by atoms with van der Waals surface area (Å²) < 4.78 is 26.0. The van der Waals surface area contributed by atoms with E-state index in [4.69, 9.17) is 22.4 Å². The van der Waals surface area contributed by atoms with Gasteiger partial charge >= 0.3 is 5.97 Å². The average Bonchev–Trinajstić information content (AvgIpc) is 2.29. The number of nitrogens with one attached hydrogen (secondary N) is 1. The van der Waals surface area contributed by atoms with Crippen LogP contribution in [0.3, 0.4) is 0 Å². The average molecular weight is 293 g/mol. The van der Waals surface area contributed by atoms with E-state index in [0.29, 0.717) is 13.0 Å². The van der Waals surface area contributed by atoms with Gasteiger partial charge in [-0.25, -0.2) is 17.9 Å². The van der Waals surface area contributed by atoms with E-state index in [9.17, 15) is 13.2 Å². The molecule has 0 aliphatic carbocycles. The number of benzene rings is 1. The molecule has 0 aliphatic rings. The molecule has 0 spiro atoms. The summed E-state index contributed by atoms with van der Waals surface area (Å²) >= 11 is 5.76. The standard InChI is InChI=1S/C10H13ClN2O4S/c11-8-3-2-7(10(14)15)6-9(8)18(16,17)13-5-1-4-12/h2-3,6,13H,1,4-5,12H2,(H,14,15). The zero-order valence-electron chi connectivity index (χ0n) is 9.39. The molecule has 100 valence electrons. The van der Waals surface area contributed by atoms with E-state index >= 15 is 0 Å². The molecule has 0 aliphatic heterocycles. The summed E-state index contributed by atoms with van der Waals surface area (Å²) in [6, 6.07) is 3.50. The van der Waals surface area contributed by atoms with Gasteiger partial charge in [0.2, 0.25) is 10.0 Å². The maximum absolute atomic E-state index is 11.9. The lowest BCUT2D eigenvalue weighted by Gasteiger charge is -2.08. The third-order valence-corrected chi connectivity index (χ3v) is 4.08. The molecular weight excluding hydrogens is 280 g/mol. The number of aromatic carboxylic acids is 1. The number of rotatable bonds is 6. The van der Waals surface area contributed by atoms with E-state index < -0.39 is 16.0 Å². The van der Waals surface area contributed by atoms with Gasteiger partial charge in [-0.3, -0.25) is 0 Å². The number of carboxylic acid groups (broad SMARTS) is 1. The highest BCUT2D eigenvalue weighted by atomic mass is 35.5. The first-order chi connectivity index (χ1) is 8.38. The highest BCUT2D eigenvalue weighted by Crippen LogP contribution is 2.22. The molecule has 0 saturated heterocycles. The quantitative estimate of drug-likeness (QED) is 0.667. The molecule has 0 unspecified atom stereocenters. The number of hydrogen-bond donors (Lipinski definition) is 3. The van der Waals surface area contributed by atoms with Crippen molar-refractivity contribution < 1.29 is 18.3 Å². The van der Waals surface area contributed by atoms with Gasteiger partial charge in [-0.05, 0) is 31.2 Å². The second kappa shape index (κ2) is 6.14. The van der Waals surface area contributed by atoms with Crippen LogP contribution in [0.4, 0.5) is 0 Å². The zero-order chi connectivity index (χ0) is 13.8. The second-order valence-electron chi connectivity index (χ2n) is 3.49. The summed E-state index contributed by atoms with van der Waals surface area (Å²) in [4.78, 5) is 10.5. The number of nitrogens with two attached hydrogens (primary N) is 1. The minimum atomic E-state index is -3.82. The van der Waals surface area contributed by atoms with Gasteiger partial charge in [0.25, 0.3) is 0 Å². The molecule has 4 N–H and O–H groups in total. The van der Waals surface area contributed by atoms with Crippen molar-refractivity contribution in [1.29, 1.82) is 0 Å². The van der Waals surface area contributed by atoms with E-state index in [2.05, 4.69) is 4.72 Å². The SMILES string of the molecule is NCCCNS(=O)(=O)c1cc(C(=O)O)ccc1Cl. The molecule has 0 heterocycles. The Balaban J connectivity index is 3.07. The molecule has 8 heteroatoms. The molecule has 1 aromatic carbocycles. The summed E-state index contributed by atoms with van der Waals surface area (Å²) in [5.41, 5.74) is 5.11. The second-order valence-corrected chi connectivity index (χ2v) is 5.63. The van der Waals surface area contributed by atoms with E-state index in [-0.39, 0.29) is 22.0 Å². The number of carboxylic acids is 1. The Hall–Kier alpha value is -1.15. The Labute approximate surface area is 110 Å². The summed E-state index contributed by atoms with van der Waals surface area (Å²) in [5.74, 6) is -1.22. The van der Waals surface area contributed by atoms with Crippen molar-refractivity contribution in [1.82, 2.24) is 4.72 Å². The van der Waals surface area contributed by atoms with Gasteiger partial charge in [0.15, 0.2) is 0 Å². The predicted octanol–water partition coefficient (Wildman–Crippen LogP) is 0.665. The highest BCUT2D eigenvalue weighted by Gasteiger charge is 2.19. The zero-order valence-corrected chi connectivity index (χ0v) is 11.0. The largest absolute Gasteiger partial charge is 0.478 e. The van der Waals surface area contributed by atoms with E-state index in [0.717, 1.165) is 6.07 Å². The molecular formula is C10H13ClN2O4S. The molecule has 0 amide bonds. The normalized spacial score (nSPS) is 11.4. The van der Waals surface area contributed by atoms with Crippen molar-refractivity contribution in [2.45, 2.75) is 11.3 Å². The number of hydrogen-bond acceptors (Lipinski definition) is 4. The Bertz CT molecular complexity index is 545. The first-order valence-corrected chi connectivity index (χ1v) is 6.97. The smallest absolute Gasteiger partial charge is 0.335 e. The molecule has 0 atom stereocenters. The first kappa shape index (κ1) is 14.9. The maximum Gasteiger partial charge on any atom is 0.335 e. The molecule has 0 saturated carbocycles. The van der Waals surface area contributed by atoms with E-state index in [1.807, 2.05) is 0 Å². The molecule has 0 radical (unpaired) electrons. The topological polar surface area (TPSA) is 109 Å². The maximum atomic E-state index is 11.9. The van der Waals surface area contributed by atoms with E-state index in [1.54, 1.807) is 0 Å². The molecule has 0 fully saturated rings. The Morgan fingerprint density at radius 3 is 2.67 bits per heavy atom. The van der Waals surface area contributed by atoms with Gasteiger partial charge in [-0.15, -0.1) is 0 Å². The fraction of sp³-hybridized carbons (Fsp3) is 0.300. The molecule has 1 aromatic rings.